The van der Waals surface area contributed by atoms with Crippen LogP contribution in [0.15, 0.2) is 18.2 Å². The van der Waals surface area contributed by atoms with Gasteiger partial charge in [0.05, 0.1) is 6.61 Å². The number of likely N-dealkylation sites (N-methyl/N-ethyl adjacent to an activating group) is 1. The van der Waals surface area contributed by atoms with E-state index in [0.29, 0.717) is 12.1 Å². The van der Waals surface area contributed by atoms with Crippen molar-refractivity contribution in [3.63, 3.8) is 0 Å². The van der Waals surface area contributed by atoms with Crippen LogP contribution in [-0.4, -0.2) is 29.7 Å². The zero-order valence-corrected chi connectivity index (χ0v) is 10.5. The van der Waals surface area contributed by atoms with Gasteiger partial charge in [-0.15, -0.1) is 0 Å². The second kappa shape index (κ2) is 6.07. The fraction of sp³-hybridized carbons (Fsp3) is 0.538. The van der Waals surface area contributed by atoms with Crippen molar-refractivity contribution in [2.75, 3.05) is 13.7 Å². The van der Waals surface area contributed by atoms with E-state index >= 15 is 0 Å². The summed E-state index contributed by atoms with van der Waals surface area (Å²) in [6.07, 6.45) is 0. The molecule has 0 fully saturated rings. The summed E-state index contributed by atoms with van der Waals surface area (Å²) in [6, 6.07) is 3.54. The quantitative estimate of drug-likeness (QED) is 0.858. The summed E-state index contributed by atoms with van der Waals surface area (Å²) in [5, 5.41) is 9.26. The Morgan fingerprint density at radius 3 is 2.41 bits per heavy atom. The highest BCUT2D eigenvalue weighted by atomic mass is 19.1. The molecule has 0 aromatic heterocycles. The van der Waals surface area contributed by atoms with Gasteiger partial charge in [0.2, 0.25) is 0 Å². The summed E-state index contributed by atoms with van der Waals surface area (Å²) in [5.74, 6) is -0.845. The van der Waals surface area contributed by atoms with Crippen molar-refractivity contribution in [2.45, 2.75) is 26.4 Å². The van der Waals surface area contributed by atoms with Gasteiger partial charge in [-0.2, -0.15) is 0 Å². The van der Waals surface area contributed by atoms with Crippen molar-refractivity contribution in [3.8, 4) is 0 Å². The number of aliphatic hydroxyl groups is 1. The summed E-state index contributed by atoms with van der Waals surface area (Å²) < 4.78 is 26.2. The Balaban J connectivity index is 2.76. The predicted molar refractivity (Wildman–Crippen MR) is 63.5 cm³/mol. The number of aliphatic hydroxyl groups excluding tert-OH is 1. The van der Waals surface area contributed by atoms with Gasteiger partial charge in [0.25, 0.3) is 0 Å². The molecule has 1 aromatic rings. The van der Waals surface area contributed by atoms with Crippen molar-refractivity contribution in [1.29, 1.82) is 0 Å². The maximum Gasteiger partial charge on any atom is 0.130 e. The molecule has 17 heavy (non-hydrogen) atoms. The van der Waals surface area contributed by atoms with Crippen LogP contribution in [0.2, 0.25) is 0 Å². The lowest BCUT2D eigenvalue weighted by Gasteiger charge is -2.29. The SMILES string of the molecule is CC(C)C(CO)N(C)Cc1ccc(F)cc1F. The van der Waals surface area contributed by atoms with Gasteiger partial charge in [-0.05, 0) is 19.0 Å². The molecule has 0 bridgehead atoms. The zero-order valence-electron chi connectivity index (χ0n) is 10.5. The van der Waals surface area contributed by atoms with Crippen LogP contribution >= 0.6 is 0 Å². The van der Waals surface area contributed by atoms with Gasteiger partial charge in [0.1, 0.15) is 11.6 Å². The van der Waals surface area contributed by atoms with E-state index in [9.17, 15) is 13.9 Å². The molecule has 1 unspecified atom stereocenters. The van der Waals surface area contributed by atoms with Crippen LogP contribution in [0.1, 0.15) is 19.4 Å². The Morgan fingerprint density at radius 1 is 1.29 bits per heavy atom. The van der Waals surface area contributed by atoms with Gasteiger partial charge in [0, 0.05) is 24.2 Å². The average Bonchev–Trinajstić information content (AvgIpc) is 2.22. The first-order valence-corrected chi connectivity index (χ1v) is 5.70. The van der Waals surface area contributed by atoms with Crippen molar-refractivity contribution < 1.29 is 13.9 Å². The molecule has 0 spiro atoms. The zero-order chi connectivity index (χ0) is 13.0. The lowest BCUT2D eigenvalue weighted by molar-refractivity contribution is 0.107. The second-order valence-electron chi connectivity index (χ2n) is 4.64. The molecular weight excluding hydrogens is 224 g/mol. The van der Waals surface area contributed by atoms with E-state index in [4.69, 9.17) is 0 Å². The number of halogens is 2. The second-order valence-corrected chi connectivity index (χ2v) is 4.64. The minimum absolute atomic E-state index is 0.0248. The van der Waals surface area contributed by atoms with E-state index < -0.39 is 11.6 Å². The number of hydrogen-bond donors (Lipinski definition) is 1. The number of hydrogen-bond acceptors (Lipinski definition) is 2. The monoisotopic (exact) mass is 243 g/mol. The van der Waals surface area contributed by atoms with Gasteiger partial charge in [-0.25, -0.2) is 8.78 Å². The maximum absolute atomic E-state index is 13.5. The van der Waals surface area contributed by atoms with Crippen molar-refractivity contribution >= 4 is 0 Å². The van der Waals surface area contributed by atoms with Gasteiger partial charge >= 0.3 is 0 Å². The number of nitrogens with zero attached hydrogens (tertiary/aromatic N) is 1. The van der Waals surface area contributed by atoms with Crippen LogP contribution in [0.25, 0.3) is 0 Å². The molecule has 96 valence electrons. The first kappa shape index (κ1) is 14.1. The molecule has 1 rings (SSSR count). The van der Waals surface area contributed by atoms with Crippen LogP contribution in [0.4, 0.5) is 8.78 Å². The van der Waals surface area contributed by atoms with E-state index in [-0.39, 0.29) is 18.6 Å². The highest BCUT2D eigenvalue weighted by Crippen LogP contribution is 2.15. The maximum atomic E-state index is 13.5. The smallest absolute Gasteiger partial charge is 0.130 e. The molecule has 0 saturated heterocycles. The largest absolute Gasteiger partial charge is 0.395 e. The molecule has 0 aliphatic carbocycles. The predicted octanol–water partition coefficient (Wildman–Crippen LogP) is 2.41. The van der Waals surface area contributed by atoms with Gasteiger partial charge in [-0.3, -0.25) is 4.90 Å². The van der Waals surface area contributed by atoms with Crippen LogP contribution < -0.4 is 0 Å². The molecule has 0 saturated carbocycles. The van der Waals surface area contributed by atoms with Crippen molar-refractivity contribution in [3.05, 3.63) is 35.4 Å². The van der Waals surface area contributed by atoms with E-state index in [1.165, 1.54) is 12.1 Å². The fourth-order valence-corrected chi connectivity index (χ4v) is 1.90. The van der Waals surface area contributed by atoms with Crippen LogP contribution in [0.3, 0.4) is 0 Å². The summed E-state index contributed by atoms with van der Waals surface area (Å²) >= 11 is 0. The third-order valence-corrected chi connectivity index (χ3v) is 2.96. The minimum Gasteiger partial charge on any atom is -0.395 e. The highest BCUT2D eigenvalue weighted by Gasteiger charge is 2.18. The fourth-order valence-electron chi connectivity index (χ4n) is 1.90. The first-order chi connectivity index (χ1) is 7.95. The molecule has 1 atom stereocenters. The van der Waals surface area contributed by atoms with Crippen LogP contribution in [0, 0.1) is 17.6 Å². The minimum atomic E-state index is -0.573. The summed E-state index contributed by atoms with van der Waals surface area (Å²) in [6.45, 7) is 4.38. The highest BCUT2D eigenvalue weighted by molar-refractivity contribution is 5.18. The third-order valence-electron chi connectivity index (χ3n) is 2.96. The Bertz CT molecular complexity index is 368. The lowest BCUT2D eigenvalue weighted by atomic mass is 10.0. The lowest BCUT2D eigenvalue weighted by Crippen LogP contribution is -2.38. The Kier molecular flexibility index (Phi) is 5.02. The Hall–Kier alpha value is -1.00. The molecule has 0 aliphatic heterocycles. The van der Waals surface area contributed by atoms with Gasteiger partial charge in [-0.1, -0.05) is 19.9 Å². The Labute approximate surface area is 101 Å². The van der Waals surface area contributed by atoms with E-state index in [0.717, 1.165) is 6.07 Å². The molecule has 0 aliphatic rings. The van der Waals surface area contributed by atoms with Gasteiger partial charge in [0.15, 0.2) is 0 Å². The van der Waals surface area contributed by atoms with E-state index in [1.807, 2.05) is 25.8 Å². The molecule has 0 heterocycles. The molecular formula is C13H19F2NO. The normalized spacial score (nSPS) is 13.4. The molecule has 0 amide bonds. The summed E-state index contributed by atoms with van der Waals surface area (Å²) in [4.78, 5) is 1.88. The summed E-state index contributed by atoms with van der Waals surface area (Å²) in [5.41, 5.74) is 0.438. The van der Waals surface area contributed by atoms with E-state index in [2.05, 4.69) is 0 Å². The topological polar surface area (TPSA) is 23.5 Å². The first-order valence-electron chi connectivity index (χ1n) is 5.70. The molecule has 2 nitrogen and oxygen atoms in total. The number of benzene rings is 1. The number of rotatable bonds is 5. The molecule has 4 heteroatoms. The van der Waals surface area contributed by atoms with Crippen LogP contribution in [0.5, 0.6) is 0 Å². The third kappa shape index (κ3) is 3.75. The van der Waals surface area contributed by atoms with Crippen molar-refractivity contribution in [1.82, 2.24) is 4.90 Å². The van der Waals surface area contributed by atoms with Crippen LogP contribution in [-0.2, 0) is 6.54 Å². The van der Waals surface area contributed by atoms with Gasteiger partial charge < -0.3 is 5.11 Å². The van der Waals surface area contributed by atoms with Crippen molar-refractivity contribution in [2.24, 2.45) is 5.92 Å². The average molecular weight is 243 g/mol. The summed E-state index contributed by atoms with van der Waals surface area (Å²) in [7, 11) is 1.82. The molecule has 0 radical (unpaired) electrons. The Morgan fingerprint density at radius 2 is 1.94 bits per heavy atom. The van der Waals surface area contributed by atoms with E-state index in [1.54, 1.807) is 0 Å². The standard InChI is InChI=1S/C13H19F2NO/c1-9(2)13(8-17)16(3)7-10-4-5-11(14)6-12(10)15/h4-6,9,13,17H,7-8H2,1-3H3. The molecule has 1 aromatic carbocycles. The molecule has 1 N–H and O–H groups in total.